The number of Topliss-reactive ketones (excluding diaryl/α,β-unsaturated/α-hetero) is 1. The van der Waals surface area contributed by atoms with Crippen molar-refractivity contribution < 1.29 is 4.79 Å². The van der Waals surface area contributed by atoms with Crippen molar-refractivity contribution >= 4 is 5.78 Å². The van der Waals surface area contributed by atoms with Crippen molar-refractivity contribution in [3.63, 3.8) is 0 Å². The molecule has 0 bridgehead atoms. The normalized spacial score (nSPS) is 13.9. The lowest BCUT2D eigenvalue weighted by atomic mass is 10.1. The minimum atomic E-state index is -0.283. The predicted molar refractivity (Wildman–Crippen MR) is 55.9 cm³/mol. The summed E-state index contributed by atoms with van der Waals surface area (Å²) in [6.07, 6.45) is 4.06. The first-order chi connectivity index (χ1) is 7.16. The van der Waals surface area contributed by atoms with E-state index in [0.29, 0.717) is 12.8 Å². The van der Waals surface area contributed by atoms with Crippen LogP contribution in [0, 0.1) is 0 Å². The van der Waals surface area contributed by atoms with Crippen molar-refractivity contribution in [3.8, 4) is 0 Å². The number of H-pyrrole nitrogens is 1. The number of carbonyl (C=O) groups excluding carboxylic acids is 1. The van der Waals surface area contributed by atoms with Gasteiger partial charge in [0.2, 0.25) is 0 Å². The lowest BCUT2D eigenvalue weighted by molar-refractivity contribution is -0.116. The second kappa shape index (κ2) is 3.96. The summed E-state index contributed by atoms with van der Waals surface area (Å²) < 4.78 is 0. The molecule has 0 saturated heterocycles. The van der Waals surface area contributed by atoms with Crippen LogP contribution >= 0.6 is 0 Å². The topological polar surface area (TPSA) is 62.8 Å². The van der Waals surface area contributed by atoms with Crippen LogP contribution in [0.2, 0.25) is 0 Å². The van der Waals surface area contributed by atoms with Gasteiger partial charge in [0.25, 0.3) is 0 Å². The van der Waals surface area contributed by atoms with E-state index in [1.54, 1.807) is 6.92 Å². The first-order valence-electron chi connectivity index (χ1n) is 5.27. The Kier molecular flexibility index (Phi) is 2.66. The van der Waals surface area contributed by atoms with Crippen LogP contribution in [0.15, 0.2) is 4.79 Å². The number of aryl methyl sites for hydroxylation is 2. The van der Waals surface area contributed by atoms with Gasteiger partial charge in [0.05, 0.1) is 5.69 Å². The molecule has 0 unspecified atom stereocenters. The van der Waals surface area contributed by atoms with Gasteiger partial charge < -0.3 is 9.78 Å². The molecule has 0 spiro atoms. The molecule has 1 aliphatic carbocycles. The van der Waals surface area contributed by atoms with E-state index in [9.17, 15) is 9.59 Å². The van der Waals surface area contributed by atoms with Crippen LogP contribution in [0.3, 0.4) is 0 Å². The molecule has 1 heterocycles. The minimum absolute atomic E-state index is 0.142. The van der Waals surface area contributed by atoms with E-state index in [4.69, 9.17) is 0 Å². The summed E-state index contributed by atoms with van der Waals surface area (Å²) in [5, 5.41) is 0. The highest BCUT2D eigenvalue weighted by atomic mass is 16.1. The van der Waals surface area contributed by atoms with E-state index in [1.165, 1.54) is 0 Å². The third kappa shape index (κ3) is 2.14. The molecule has 1 aliphatic rings. The Labute approximate surface area is 87.7 Å². The van der Waals surface area contributed by atoms with Crippen molar-refractivity contribution in [2.24, 2.45) is 0 Å². The summed E-state index contributed by atoms with van der Waals surface area (Å²) in [5.74, 6) is 0.142. The molecule has 0 radical (unpaired) electrons. The molecule has 80 valence electrons. The number of ketones is 1. The van der Waals surface area contributed by atoms with E-state index in [-0.39, 0.29) is 11.5 Å². The number of aromatic amines is 1. The Morgan fingerprint density at radius 3 is 3.00 bits per heavy atom. The van der Waals surface area contributed by atoms with Gasteiger partial charge in [0, 0.05) is 12.1 Å². The lowest BCUT2D eigenvalue weighted by Gasteiger charge is -2.04. The lowest BCUT2D eigenvalue weighted by Crippen LogP contribution is -2.17. The Hall–Kier alpha value is -1.45. The molecule has 4 nitrogen and oxygen atoms in total. The minimum Gasteiger partial charge on any atom is -0.310 e. The molecule has 0 atom stereocenters. The molecular formula is C11H14N2O2. The molecule has 0 amide bonds. The first kappa shape index (κ1) is 10.1. The van der Waals surface area contributed by atoms with Gasteiger partial charge in [-0.1, -0.05) is 0 Å². The van der Waals surface area contributed by atoms with Crippen LogP contribution in [0.4, 0.5) is 0 Å². The first-order valence-corrected chi connectivity index (χ1v) is 5.27. The second-order valence-electron chi connectivity index (χ2n) is 4.00. The Bertz CT molecular complexity index is 448. The zero-order valence-corrected chi connectivity index (χ0v) is 8.80. The van der Waals surface area contributed by atoms with E-state index in [2.05, 4.69) is 9.97 Å². The number of nitrogens with zero attached hydrogens (tertiary/aromatic N) is 1. The summed E-state index contributed by atoms with van der Waals surface area (Å²) >= 11 is 0. The number of hydrogen-bond acceptors (Lipinski definition) is 3. The average Bonchev–Trinajstić information content (AvgIpc) is 2.61. The van der Waals surface area contributed by atoms with Crippen molar-refractivity contribution in [2.45, 2.75) is 39.0 Å². The number of fused-ring (bicyclic) bond motifs is 1. The summed E-state index contributed by atoms with van der Waals surface area (Å²) in [6.45, 7) is 1.56. The maximum Gasteiger partial charge on any atom is 0.345 e. The molecule has 4 heteroatoms. The zero-order chi connectivity index (χ0) is 10.8. The molecule has 0 aliphatic heterocycles. The number of carbonyl (C=O) groups is 1. The fourth-order valence-corrected chi connectivity index (χ4v) is 2.05. The molecular weight excluding hydrogens is 192 g/mol. The van der Waals surface area contributed by atoms with Crippen molar-refractivity contribution in [1.82, 2.24) is 9.97 Å². The van der Waals surface area contributed by atoms with Gasteiger partial charge >= 0.3 is 5.69 Å². The van der Waals surface area contributed by atoms with Crippen LogP contribution in [0.1, 0.15) is 36.7 Å². The van der Waals surface area contributed by atoms with E-state index >= 15 is 0 Å². The van der Waals surface area contributed by atoms with Gasteiger partial charge in [-0.05, 0) is 38.2 Å². The highest BCUT2D eigenvalue weighted by Crippen LogP contribution is 2.21. The third-order valence-corrected chi connectivity index (χ3v) is 2.77. The maximum absolute atomic E-state index is 11.2. The predicted octanol–water partition coefficient (Wildman–Crippen LogP) is 0.780. The third-order valence-electron chi connectivity index (χ3n) is 2.77. The van der Waals surface area contributed by atoms with Gasteiger partial charge in [-0.25, -0.2) is 4.79 Å². The largest absolute Gasteiger partial charge is 0.345 e. The molecule has 0 fully saturated rings. The fourth-order valence-electron chi connectivity index (χ4n) is 2.05. The van der Waals surface area contributed by atoms with Crippen LogP contribution in [-0.4, -0.2) is 15.8 Å². The number of aromatic nitrogens is 2. The second-order valence-corrected chi connectivity index (χ2v) is 4.00. The van der Waals surface area contributed by atoms with E-state index in [1.807, 2.05) is 0 Å². The summed E-state index contributed by atoms with van der Waals surface area (Å²) in [5.41, 5.74) is 2.72. The molecule has 0 saturated carbocycles. The maximum atomic E-state index is 11.2. The standard InChI is InChI=1S/C11H14N2O2/c1-7(14)5-6-10-8-3-2-4-9(8)12-11(15)13-10/h2-6H2,1H3,(H,12,13,15). The quantitative estimate of drug-likeness (QED) is 0.794. The van der Waals surface area contributed by atoms with Crippen LogP contribution < -0.4 is 5.69 Å². The fraction of sp³-hybridized carbons (Fsp3) is 0.545. The highest BCUT2D eigenvalue weighted by molar-refractivity contribution is 5.75. The molecule has 15 heavy (non-hydrogen) atoms. The molecule has 1 aromatic heterocycles. The monoisotopic (exact) mass is 206 g/mol. The SMILES string of the molecule is CC(=O)CCc1nc(=O)[nH]c2c1CCC2. The van der Waals surface area contributed by atoms with E-state index in [0.717, 1.165) is 36.2 Å². The number of hydrogen-bond donors (Lipinski definition) is 1. The van der Waals surface area contributed by atoms with Gasteiger partial charge in [-0.3, -0.25) is 0 Å². The van der Waals surface area contributed by atoms with Crippen LogP contribution in [0.25, 0.3) is 0 Å². The Morgan fingerprint density at radius 1 is 1.47 bits per heavy atom. The summed E-state index contributed by atoms with van der Waals surface area (Å²) in [7, 11) is 0. The van der Waals surface area contributed by atoms with Crippen molar-refractivity contribution in [1.29, 1.82) is 0 Å². The van der Waals surface area contributed by atoms with Gasteiger partial charge in [-0.2, -0.15) is 4.98 Å². The molecule has 2 rings (SSSR count). The van der Waals surface area contributed by atoms with Crippen LogP contribution in [-0.2, 0) is 24.1 Å². The zero-order valence-electron chi connectivity index (χ0n) is 8.80. The number of rotatable bonds is 3. The Morgan fingerprint density at radius 2 is 2.27 bits per heavy atom. The van der Waals surface area contributed by atoms with Crippen molar-refractivity contribution in [3.05, 3.63) is 27.4 Å². The van der Waals surface area contributed by atoms with Gasteiger partial charge in [-0.15, -0.1) is 0 Å². The Balaban J connectivity index is 2.30. The molecule has 0 aromatic carbocycles. The average molecular weight is 206 g/mol. The van der Waals surface area contributed by atoms with Crippen molar-refractivity contribution in [2.75, 3.05) is 0 Å². The smallest absolute Gasteiger partial charge is 0.310 e. The summed E-state index contributed by atoms with van der Waals surface area (Å²) in [6, 6.07) is 0. The van der Waals surface area contributed by atoms with E-state index < -0.39 is 0 Å². The summed E-state index contributed by atoms with van der Waals surface area (Å²) in [4.78, 5) is 28.8. The van der Waals surface area contributed by atoms with Gasteiger partial charge in [0.15, 0.2) is 0 Å². The molecule has 1 N–H and O–H groups in total. The number of nitrogens with one attached hydrogen (secondary N) is 1. The van der Waals surface area contributed by atoms with Crippen LogP contribution in [0.5, 0.6) is 0 Å². The molecule has 1 aromatic rings. The van der Waals surface area contributed by atoms with Gasteiger partial charge in [0.1, 0.15) is 5.78 Å². The highest BCUT2D eigenvalue weighted by Gasteiger charge is 2.17.